The van der Waals surface area contributed by atoms with Crippen LogP contribution in [0.3, 0.4) is 0 Å². The molecule has 5 nitrogen and oxygen atoms in total. The molecule has 5 heteroatoms. The van der Waals surface area contributed by atoms with E-state index in [1.165, 1.54) is 0 Å². The molecule has 1 saturated heterocycles. The lowest BCUT2D eigenvalue weighted by molar-refractivity contribution is 0.0966. The predicted octanol–water partition coefficient (Wildman–Crippen LogP) is 0.394. The normalized spacial score (nSPS) is 25.4. The number of nitrogens with two attached hydrogens (primary N) is 1. The van der Waals surface area contributed by atoms with Gasteiger partial charge in [-0.2, -0.15) is 5.10 Å². The number of aliphatic hydroxyl groups excluding tert-OH is 1. The fraction of sp³-hybridized carbons (Fsp3) is 0.750. The van der Waals surface area contributed by atoms with Crippen LogP contribution in [0.15, 0.2) is 0 Å². The van der Waals surface area contributed by atoms with E-state index in [-0.39, 0.29) is 6.10 Å². The molecule has 0 saturated carbocycles. The number of hydrogen-bond acceptors (Lipinski definition) is 4. The van der Waals surface area contributed by atoms with Crippen LogP contribution in [0.5, 0.6) is 0 Å². The molecule has 0 aliphatic carbocycles. The molecule has 1 aromatic rings. The van der Waals surface area contributed by atoms with Crippen molar-refractivity contribution in [3.63, 3.8) is 0 Å². The van der Waals surface area contributed by atoms with Crippen molar-refractivity contribution in [3.05, 3.63) is 11.3 Å². The summed E-state index contributed by atoms with van der Waals surface area (Å²) in [6.45, 7) is 6.34. The molecule has 0 amide bonds. The van der Waals surface area contributed by atoms with Crippen molar-refractivity contribution < 1.29 is 5.11 Å². The molecule has 0 bridgehead atoms. The predicted molar refractivity (Wildman–Crippen MR) is 67.8 cm³/mol. The number of hydrogen-bond donors (Lipinski definition) is 2. The number of piperidine rings is 1. The summed E-state index contributed by atoms with van der Waals surface area (Å²) in [6.07, 6.45) is 0.636. The van der Waals surface area contributed by atoms with Crippen molar-refractivity contribution in [2.45, 2.75) is 32.9 Å². The zero-order chi connectivity index (χ0) is 12.6. The van der Waals surface area contributed by atoms with E-state index in [4.69, 9.17) is 5.73 Å². The van der Waals surface area contributed by atoms with Gasteiger partial charge in [-0.25, -0.2) is 0 Å². The van der Waals surface area contributed by atoms with Gasteiger partial charge in [-0.05, 0) is 19.3 Å². The second-order valence-electron chi connectivity index (χ2n) is 4.99. The molecule has 1 aliphatic rings. The molecular weight excluding hydrogens is 216 g/mol. The van der Waals surface area contributed by atoms with Gasteiger partial charge in [-0.15, -0.1) is 0 Å². The van der Waals surface area contributed by atoms with Crippen molar-refractivity contribution in [1.82, 2.24) is 9.78 Å². The first-order valence-corrected chi connectivity index (χ1v) is 6.20. The van der Waals surface area contributed by atoms with Crippen molar-refractivity contribution in [2.75, 3.05) is 18.0 Å². The van der Waals surface area contributed by atoms with E-state index < -0.39 is 0 Å². The minimum atomic E-state index is -0.179. The van der Waals surface area contributed by atoms with Crippen LogP contribution in [0.1, 0.15) is 24.6 Å². The van der Waals surface area contributed by atoms with Gasteiger partial charge in [0.25, 0.3) is 0 Å². The van der Waals surface area contributed by atoms with Gasteiger partial charge in [0.1, 0.15) is 5.82 Å². The molecule has 3 N–H and O–H groups in total. The van der Waals surface area contributed by atoms with Crippen molar-refractivity contribution in [1.29, 1.82) is 0 Å². The maximum absolute atomic E-state index is 9.77. The van der Waals surface area contributed by atoms with E-state index in [0.717, 1.165) is 36.6 Å². The van der Waals surface area contributed by atoms with E-state index in [2.05, 4.69) is 16.9 Å². The number of nitrogens with zero attached hydrogens (tertiary/aromatic N) is 3. The highest BCUT2D eigenvalue weighted by molar-refractivity contribution is 5.50. The first-order valence-electron chi connectivity index (χ1n) is 6.20. The van der Waals surface area contributed by atoms with Crippen molar-refractivity contribution >= 4 is 5.82 Å². The first kappa shape index (κ1) is 12.4. The van der Waals surface area contributed by atoms with Crippen LogP contribution in [0.4, 0.5) is 5.82 Å². The zero-order valence-electron chi connectivity index (χ0n) is 10.8. The van der Waals surface area contributed by atoms with Gasteiger partial charge in [-0.1, -0.05) is 6.92 Å². The van der Waals surface area contributed by atoms with E-state index in [1.807, 2.05) is 18.7 Å². The van der Waals surface area contributed by atoms with Crippen molar-refractivity contribution in [2.24, 2.45) is 18.7 Å². The van der Waals surface area contributed by atoms with E-state index in [9.17, 15) is 5.11 Å². The molecule has 17 heavy (non-hydrogen) atoms. The summed E-state index contributed by atoms with van der Waals surface area (Å²) < 4.78 is 1.90. The van der Waals surface area contributed by atoms with Crippen LogP contribution in [0.25, 0.3) is 0 Å². The van der Waals surface area contributed by atoms with Gasteiger partial charge in [0.2, 0.25) is 0 Å². The molecule has 96 valence electrons. The Morgan fingerprint density at radius 3 is 2.82 bits per heavy atom. The Labute approximate surface area is 102 Å². The third-order valence-electron chi connectivity index (χ3n) is 3.68. The fourth-order valence-corrected chi connectivity index (χ4v) is 2.65. The molecule has 1 fully saturated rings. The lowest BCUT2D eigenvalue weighted by atomic mass is 9.96. The Kier molecular flexibility index (Phi) is 3.40. The molecule has 0 aromatic carbocycles. The molecule has 2 atom stereocenters. The lowest BCUT2D eigenvalue weighted by Crippen LogP contribution is -2.43. The Balaban J connectivity index is 2.28. The van der Waals surface area contributed by atoms with Crippen LogP contribution in [-0.2, 0) is 13.6 Å². The summed E-state index contributed by atoms with van der Waals surface area (Å²) in [4.78, 5) is 2.29. The second kappa shape index (κ2) is 4.66. The molecule has 1 aromatic heterocycles. The summed E-state index contributed by atoms with van der Waals surface area (Å²) in [7, 11) is 1.96. The third-order valence-corrected chi connectivity index (χ3v) is 3.68. The third kappa shape index (κ3) is 2.17. The zero-order valence-corrected chi connectivity index (χ0v) is 10.8. The maximum Gasteiger partial charge on any atom is 0.131 e. The van der Waals surface area contributed by atoms with Crippen LogP contribution >= 0.6 is 0 Å². The molecule has 0 radical (unpaired) electrons. The topological polar surface area (TPSA) is 67.3 Å². The molecule has 2 rings (SSSR count). The van der Waals surface area contributed by atoms with Crippen molar-refractivity contribution in [3.8, 4) is 0 Å². The average Bonchev–Trinajstić information content (AvgIpc) is 2.57. The largest absolute Gasteiger partial charge is 0.393 e. The molecule has 1 aliphatic heterocycles. The summed E-state index contributed by atoms with van der Waals surface area (Å²) in [5.74, 6) is 1.41. The first-order chi connectivity index (χ1) is 8.04. The van der Waals surface area contributed by atoms with Crippen LogP contribution in [0, 0.1) is 12.8 Å². The van der Waals surface area contributed by atoms with Gasteiger partial charge in [0.15, 0.2) is 0 Å². The SMILES string of the molecule is Cc1nn(C)c(N2CCC(O)C(C)C2)c1CN. The molecule has 2 unspecified atom stereocenters. The highest BCUT2D eigenvalue weighted by Crippen LogP contribution is 2.27. The highest BCUT2D eigenvalue weighted by atomic mass is 16.3. The Morgan fingerprint density at radius 1 is 1.53 bits per heavy atom. The smallest absolute Gasteiger partial charge is 0.131 e. The van der Waals surface area contributed by atoms with Crippen LogP contribution in [-0.4, -0.2) is 34.1 Å². The fourth-order valence-electron chi connectivity index (χ4n) is 2.65. The number of aromatic nitrogens is 2. The Bertz CT molecular complexity index is 401. The Hall–Kier alpha value is -1.07. The summed E-state index contributed by atoms with van der Waals surface area (Å²) >= 11 is 0. The summed E-state index contributed by atoms with van der Waals surface area (Å²) in [5.41, 5.74) is 7.93. The number of rotatable bonds is 2. The number of aliphatic hydroxyl groups is 1. The van der Waals surface area contributed by atoms with E-state index >= 15 is 0 Å². The van der Waals surface area contributed by atoms with Gasteiger partial charge < -0.3 is 15.7 Å². The van der Waals surface area contributed by atoms with Crippen LogP contribution in [0.2, 0.25) is 0 Å². The lowest BCUT2D eigenvalue weighted by Gasteiger charge is -2.36. The highest BCUT2D eigenvalue weighted by Gasteiger charge is 2.27. The van der Waals surface area contributed by atoms with E-state index in [0.29, 0.717) is 12.5 Å². The molecule has 2 heterocycles. The van der Waals surface area contributed by atoms with Gasteiger partial charge in [0, 0.05) is 32.2 Å². The van der Waals surface area contributed by atoms with Gasteiger partial charge in [0.05, 0.1) is 11.8 Å². The van der Waals surface area contributed by atoms with Gasteiger partial charge in [-0.3, -0.25) is 4.68 Å². The number of aryl methyl sites for hydroxylation is 2. The molecule has 0 spiro atoms. The summed E-state index contributed by atoms with van der Waals surface area (Å²) in [6, 6.07) is 0. The van der Waals surface area contributed by atoms with E-state index in [1.54, 1.807) is 0 Å². The number of anilines is 1. The maximum atomic E-state index is 9.77. The Morgan fingerprint density at radius 2 is 2.24 bits per heavy atom. The second-order valence-corrected chi connectivity index (χ2v) is 4.99. The minimum Gasteiger partial charge on any atom is -0.393 e. The van der Waals surface area contributed by atoms with Gasteiger partial charge >= 0.3 is 0 Å². The minimum absolute atomic E-state index is 0.179. The quantitative estimate of drug-likeness (QED) is 0.782. The molecular formula is C12H22N4O. The summed E-state index contributed by atoms with van der Waals surface area (Å²) in [5, 5.41) is 14.2. The standard InChI is InChI=1S/C12H22N4O/c1-8-7-16(5-4-11(8)17)12-10(6-13)9(2)14-15(12)3/h8,11,17H,4-7,13H2,1-3H3. The van der Waals surface area contributed by atoms with Crippen LogP contribution < -0.4 is 10.6 Å². The monoisotopic (exact) mass is 238 g/mol. The average molecular weight is 238 g/mol.